The maximum absolute atomic E-state index is 6.29. The fourth-order valence-electron chi connectivity index (χ4n) is 2.67. The topological polar surface area (TPSA) is 0 Å². The molecular formula is C8H9Cl3. The second-order valence-corrected chi connectivity index (χ2v) is 6.01. The first-order valence-corrected chi connectivity index (χ1v) is 5.28. The molecule has 0 saturated heterocycles. The van der Waals surface area contributed by atoms with Crippen LogP contribution in [0.4, 0.5) is 0 Å². The summed E-state index contributed by atoms with van der Waals surface area (Å²) in [4.78, 5) is 0. The SMILES string of the molecule is ClC1C2(CC2)C(Cl)(Cl)C12CC2. The van der Waals surface area contributed by atoms with E-state index in [0.29, 0.717) is 0 Å². The molecule has 2 spiro atoms. The van der Waals surface area contributed by atoms with Gasteiger partial charge >= 0.3 is 0 Å². The van der Waals surface area contributed by atoms with Crippen LogP contribution in [0.25, 0.3) is 0 Å². The van der Waals surface area contributed by atoms with Crippen molar-refractivity contribution in [2.75, 3.05) is 0 Å². The smallest absolute Gasteiger partial charge is 0.122 e. The van der Waals surface area contributed by atoms with Gasteiger partial charge in [0.25, 0.3) is 0 Å². The van der Waals surface area contributed by atoms with Gasteiger partial charge in [0.1, 0.15) is 4.33 Å². The lowest BCUT2D eigenvalue weighted by Crippen LogP contribution is -2.60. The summed E-state index contributed by atoms with van der Waals surface area (Å²) in [6, 6.07) is 0. The van der Waals surface area contributed by atoms with Crippen LogP contribution in [0, 0.1) is 10.8 Å². The summed E-state index contributed by atoms with van der Waals surface area (Å²) in [7, 11) is 0. The molecule has 3 fully saturated rings. The molecule has 11 heavy (non-hydrogen) atoms. The first-order chi connectivity index (χ1) is 5.07. The molecule has 0 N–H and O–H groups in total. The van der Waals surface area contributed by atoms with Crippen LogP contribution >= 0.6 is 34.8 Å². The fourth-order valence-corrected chi connectivity index (χ4v) is 4.85. The lowest BCUT2D eigenvalue weighted by Gasteiger charge is -2.54. The molecule has 0 aliphatic heterocycles. The Balaban J connectivity index is 2.02. The monoisotopic (exact) mass is 210 g/mol. The van der Waals surface area contributed by atoms with E-state index in [9.17, 15) is 0 Å². The van der Waals surface area contributed by atoms with Crippen molar-refractivity contribution in [1.82, 2.24) is 0 Å². The van der Waals surface area contributed by atoms with E-state index < -0.39 is 4.33 Å². The second kappa shape index (κ2) is 1.58. The van der Waals surface area contributed by atoms with E-state index in [4.69, 9.17) is 34.8 Å². The van der Waals surface area contributed by atoms with Gasteiger partial charge < -0.3 is 0 Å². The Kier molecular flexibility index (Phi) is 1.05. The van der Waals surface area contributed by atoms with Crippen LogP contribution in [0.1, 0.15) is 25.7 Å². The zero-order valence-electron chi connectivity index (χ0n) is 6.04. The fraction of sp³-hybridized carbons (Fsp3) is 1.00. The van der Waals surface area contributed by atoms with E-state index >= 15 is 0 Å². The maximum Gasteiger partial charge on any atom is 0.132 e. The highest BCUT2D eigenvalue weighted by molar-refractivity contribution is 6.52. The Morgan fingerprint density at radius 1 is 0.909 bits per heavy atom. The highest BCUT2D eigenvalue weighted by Gasteiger charge is 2.86. The van der Waals surface area contributed by atoms with Crippen molar-refractivity contribution in [1.29, 1.82) is 0 Å². The van der Waals surface area contributed by atoms with E-state index in [1.54, 1.807) is 0 Å². The molecule has 3 saturated carbocycles. The molecule has 0 nitrogen and oxygen atoms in total. The molecule has 0 bridgehead atoms. The Hall–Kier alpha value is 0.870. The molecule has 0 heterocycles. The predicted octanol–water partition coefficient (Wildman–Crippen LogP) is 3.34. The Morgan fingerprint density at radius 3 is 1.45 bits per heavy atom. The molecular weight excluding hydrogens is 202 g/mol. The molecule has 0 radical (unpaired) electrons. The van der Waals surface area contributed by atoms with Gasteiger partial charge in [-0.2, -0.15) is 0 Å². The minimum absolute atomic E-state index is 0.119. The summed E-state index contributed by atoms with van der Waals surface area (Å²) >= 11 is 18.9. The van der Waals surface area contributed by atoms with Crippen LogP contribution in [0.5, 0.6) is 0 Å². The number of halogens is 3. The van der Waals surface area contributed by atoms with Gasteiger partial charge in [-0.05, 0) is 25.7 Å². The molecule has 3 heteroatoms. The Bertz CT molecular complexity index is 203. The number of rotatable bonds is 0. The maximum atomic E-state index is 6.29. The summed E-state index contributed by atoms with van der Waals surface area (Å²) in [6.45, 7) is 0. The standard InChI is InChI=1S/C8H9Cl3/c9-5-6(1-2-6)8(10,11)7(5)3-4-7/h5H,1-4H2. The van der Waals surface area contributed by atoms with Gasteiger partial charge in [-0.15, -0.1) is 34.8 Å². The van der Waals surface area contributed by atoms with Gasteiger partial charge in [-0.3, -0.25) is 0 Å². The normalized spacial score (nSPS) is 40.6. The molecule has 0 atom stereocenters. The van der Waals surface area contributed by atoms with Crippen LogP contribution < -0.4 is 0 Å². The Labute approximate surface area is 81.2 Å². The van der Waals surface area contributed by atoms with Crippen molar-refractivity contribution >= 4 is 34.8 Å². The average Bonchev–Trinajstić information content (AvgIpc) is 2.83. The van der Waals surface area contributed by atoms with Crippen LogP contribution in [0.15, 0.2) is 0 Å². The first-order valence-electron chi connectivity index (χ1n) is 4.09. The summed E-state index contributed by atoms with van der Waals surface area (Å²) in [6.07, 6.45) is 4.54. The van der Waals surface area contributed by atoms with Gasteiger partial charge in [0.15, 0.2) is 0 Å². The number of hydrogen-bond acceptors (Lipinski definition) is 0. The molecule has 0 aromatic carbocycles. The van der Waals surface area contributed by atoms with Crippen LogP contribution in [0.3, 0.4) is 0 Å². The third kappa shape index (κ3) is 0.512. The molecule has 0 aromatic rings. The number of alkyl halides is 3. The van der Waals surface area contributed by atoms with Crippen molar-refractivity contribution in [2.24, 2.45) is 10.8 Å². The van der Waals surface area contributed by atoms with Crippen molar-refractivity contribution in [3.05, 3.63) is 0 Å². The molecule has 0 unspecified atom stereocenters. The van der Waals surface area contributed by atoms with Crippen molar-refractivity contribution in [3.8, 4) is 0 Å². The average molecular weight is 212 g/mol. The lowest BCUT2D eigenvalue weighted by atomic mass is 9.67. The summed E-state index contributed by atoms with van der Waals surface area (Å²) in [5.41, 5.74) is 0.238. The van der Waals surface area contributed by atoms with Crippen molar-refractivity contribution in [2.45, 2.75) is 35.4 Å². The minimum Gasteiger partial charge on any atom is -0.122 e. The zero-order valence-corrected chi connectivity index (χ0v) is 8.31. The number of hydrogen-bond donors (Lipinski definition) is 0. The predicted molar refractivity (Wildman–Crippen MR) is 47.4 cm³/mol. The minimum atomic E-state index is -0.480. The van der Waals surface area contributed by atoms with Crippen molar-refractivity contribution in [3.63, 3.8) is 0 Å². The van der Waals surface area contributed by atoms with Gasteiger partial charge in [-0.25, -0.2) is 0 Å². The van der Waals surface area contributed by atoms with Gasteiger partial charge in [0, 0.05) is 10.8 Å². The Morgan fingerprint density at radius 2 is 1.27 bits per heavy atom. The molecule has 0 amide bonds. The summed E-state index contributed by atoms with van der Waals surface area (Å²) < 4.78 is -0.480. The van der Waals surface area contributed by atoms with E-state index in [1.165, 1.54) is 0 Å². The first kappa shape index (κ1) is 7.29. The van der Waals surface area contributed by atoms with E-state index in [1.807, 2.05) is 0 Å². The molecule has 3 aliphatic rings. The van der Waals surface area contributed by atoms with E-state index in [-0.39, 0.29) is 16.2 Å². The van der Waals surface area contributed by atoms with Crippen LogP contribution in [0.2, 0.25) is 0 Å². The van der Waals surface area contributed by atoms with Gasteiger partial charge in [0.05, 0.1) is 5.38 Å². The van der Waals surface area contributed by atoms with E-state index in [0.717, 1.165) is 25.7 Å². The molecule has 3 aliphatic carbocycles. The van der Waals surface area contributed by atoms with Gasteiger partial charge in [-0.1, -0.05) is 0 Å². The quantitative estimate of drug-likeness (QED) is 0.539. The van der Waals surface area contributed by atoms with Crippen LogP contribution in [-0.4, -0.2) is 9.71 Å². The summed E-state index contributed by atoms with van der Waals surface area (Å²) in [5.74, 6) is 0. The lowest BCUT2D eigenvalue weighted by molar-refractivity contribution is 0.130. The van der Waals surface area contributed by atoms with Gasteiger partial charge in [0.2, 0.25) is 0 Å². The zero-order chi connectivity index (χ0) is 7.91. The third-order valence-electron chi connectivity index (χ3n) is 3.80. The van der Waals surface area contributed by atoms with Crippen LogP contribution in [-0.2, 0) is 0 Å². The summed E-state index contributed by atoms with van der Waals surface area (Å²) in [5, 5.41) is 0.269. The molecule has 0 aromatic heterocycles. The van der Waals surface area contributed by atoms with Crippen molar-refractivity contribution < 1.29 is 0 Å². The second-order valence-electron chi connectivity index (χ2n) is 4.25. The highest BCUT2D eigenvalue weighted by Crippen LogP contribution is 2.87. The third-order valence-corrected chi connectivity index (χ3v) is 6.14. The molecule has 3 rings (SSSR count). The highest BCUT2D eigenvalue weighted by atomic mass is 35.5. The van der Waals surface area contributed by atoms with E-state index in [2.05, 4.69) is 0 Å². The largest absolute Gasteiger partial charge is 0.132 e. The molecule has 62 valence electrons.